The van der Waals surface area contributed by atoms with Gasteiger partial charge in [0.1, 0.15) is 0 Å². The molecule has 0 spiro atoms. The first kappa shape index (κ1) is 17.2. The molecular formula is C20H22N4OS. The highest BCUT2D eigenvalue weighted by molar-refractivity contribution is 7.99. The first-order valence-electron chi connectivity index (χ1n) is 8.98. The van der Waals surface area contributed by atoms with E-state index in [0.29, 0.717) is 6.10 Å². The minimum Gasteiger partial charge on any atom is -0.377 e. The van der Waals surface area contributed by atoms with Crippen molar-refractivity contribution in [2.75, 3.05) is 12.4 Å². The Bertz CT molecular complexity index is 842. The van der Waals surface area contributed by atoms with Gasteiger partial charge in [0.05, 0.1) is 6.10 Å². The average molecular weight is 366 g/mol. The van der Waals surface area contributed by atoms with E-state index in [2.05, 4.69) is 50.9 Å². The number of aryl methyl sites for hydroxylation is 1. The lowest BCUT2D eigenvalue weighted by Gasteiger charge is -2.22. The maximum atomic E-state index is 5.87. The van der Waals surface area contributed by atoms with Crippen molar-refractivity contribution in [3.8, 4) is 17.1 Å². The molecule has 0 amide bonds. The molecule has 6 heteroatoms. The van der Waals surface area contributed by atoms with E-state index in [4.69, 9.17) is 4.74 Å². The Morgan fingerprint density at radius 3 is 2.62 bits per heavy atom. The molecule has 2 aromatic heterocycles. The molecule has 0 aliphatic carbocycles. The Balaban J connectivity index is 1.67. The van der Waals surface area contributed by atoms with Crippen LogP contribution >= 0.6 is 11.8 Å². The zero-order valence-electron chi connectivity index (χ0n) is 14.8. The Kier molecular flexibility index (Phi) is 5.32. The summed E-state index contributed by atoms with van der Waals surface area (Å²) in [6.45, 7) is 2.97. The van der Waals surface area contributed by atoms with E-state index in [1.54, 1.807) is 24.2 Å². The first-order chi connectivity index (χ1) is 12.8. The van der Waals surface area contributed by atoms with Gasteiger partial charge in [0.15, 0.2) is 11.0 Å². The number of pyridine rings is 1. The van der Waals surface area contributed by atoms with Crippen molar-refractivity contribution >= 4 is 11.8 Å². The van der Waals surface area contributed by atoms with E-state index in [0.717, 1.165) is 41.0 Å². The van der Waals surface area contributed by atoms with Crippen LogP contribution in [0.15, 0.2) is 53.9 Å². The molecule has 3 heterocycles. The van der Waals surface area contributed by atoms with Gasteiger partial charge >= 0.3 is 0 Å². The molecule has 0 bridgehead atoms. The molecule has 0 N–H and O–H groups in total. The van der Waals surface area contributed by atoms with Gasteiger partial charge in [-0.15, -0.1) is 10.2 Å². The molecule has 1 atom stereocenters. The highest BCUT2D eigenvalue weighted by Crippen LogP contribution is 2.29. The number of ether oxygens (including phenoxy) is 1. The third-order valence-corrected chi connectivity index (χ3v) is 5.60. The summed E-state index contributed by atoms with van der Waals surface area (Å²) < 4.78 is 7.99. The van der Waals surface area contributed by atoms with E-state index in [1.807, 2.05) is 12.1 Å². The Hall–Kier alpha value is -2.18. The van der Waals surface area contributed by atoms with Crippen LogP contribution < -0.4 is 0 Å². The zero-order chi connectivity index (χ0) is 17.8. The van der Waals surface area contributed by atoms with E-state index >= 15 is 0 Å². The van der Waals surface area contributed by atoms with Crippen LogP contribution in [0.4, 0.5) is 0 Å². The summed E-state index contributed by atoms with van der Waals surface area (Å²) in [7, 11) is 0. The summed E-state index contributed by atoms with van der Waals surface area (Å²) in [5, 5.41) is 9.85. The summed E-state index contributed by atoms with van der Waals surface area (Å²) in [6, 6.07) is 12.4. The lowest BCUT2D eigenvalue weighted by atomic mass is 10.1. The highest BCUT2D eigenvalue weighted by Gasteiger charge is 2.19. The fourth-order valence-corrected chi connectivity index (χ4v) is 4.10. The summed E-state index contributed by atoms with van der Waals surface area (Å²) >= 11 is 1.72. The predicted molar refractivity (Wildman–Crippen MR) is 104 cm³/mol. The lowest BCUT2D eigenvalue weighted by molar-refractivity contribution is 0.0315. The quantitative estimate of drug-likeness (QED) is 0.630. The normalized spacial score (nSPS) is 17.3. The molecule has 3 aromatic rings. The molecule has 4 rings (SSSR count). The molecule has 1 unspecified atom stereocenters. The smallest absolute Gasteiger partial charge is 0.196 e. The van der Waals surface area contributed by atoms with E-state index < -0.39 is 0 Å². The number of hydrogen-bond donors (Lipinski definition) is 0. The van der Waals surface area contributed by atoms with Crippen molar-refractivity contribution in [1.29, 1.82) is 0 Å². The largest absolute Gasteiger partial charge is 0.377 e. The predicted octanol–water partition coefficient (Wildman–Crippen LogP) is 4.30. The van der Waals surface area contributed by atoms with Crippen LogP contribution in [0, 0.1) is 6.92 Å². The molecule has 134 valence electrons. The molecule has 1 aromatic carbocycles. The molecular weight excluding hydrogens is 344 g/mol. The van der Waals surface area contributed by atoms with E-state index in [9.17, 15) is 0 Å². The third kappa shape index (κ3) is 3.81. The average Bonchev–Trinajstić information content (AvgIpc) is 3.12. The second kappa shape index (κ2) is 8.01. The molecule has 1 aliphatic heterocycles. The summed E-state index contributed by atoms with van der Waals surface area (Å²) in [4.78, 5) is 4.11. The fraction of sp³-hybridized carbons (Fsp3) is 0.350. The number of benzene rings is 1. The third-order valence-electron chi connectivity index (χ3n) is 4.54. The van der Waals surface area contributed by atoms with E-state index in [1.165, 1.54) is 18.4 Å². The Morgan fingerprint density at radius 1 is 1.08 bits per heavy atom. The number of rotatable bonds is 5. The highest BCUT2D eigenvalue weighted by atomic mass is 32.2. The Morgan fingerprint density at radius 2 is 1.88 bits per heavy atom. The van der Waals surface area contributed by atoms with Gasteiger partial charge in [-0.1, -0.05) is 29.5 Å². The van der Waals surface area contributed by atoms with Gasteiger partial charge in [-0.05, 0) is 50.5 Å². The fourth-order valence-electron chi connectivity index (χ4n) is 3.08. The first-order valence-corrected chi connectivity index (χ1v) is 9.97. The Labute approximate surface area is 157 Å². The van der Waals surface area contributed by atoms with E-state index in [-0.39, 0.29) is 0 Å². The second-order valence-corrected chi connectivity index (χ2v) is 7.50. The topological polar surface area (TPSA) is 52.8 Å². The van der Waals surface area contributed by atoms with Gasteiger partial charge in [-0.3, -0.25) is 9.55 Å². The summed E-state index contributed by atoms with van der Waals surface area (Å²) in [5.41, 5.74) is 3.31. The van der Waals surface area contributed by atoms with Crippen LogP contribution in [0.5, 0.6) is 0 Å². The molecule has 26 heavy (non-hydrogen) atoms. The molecule has 1 aliphatic rings. The van der Waals surface area contributed by atoms with Crippen LogP contribution in [0.2, 0.25) is 0 Å². The lowest BCUT2D eigenvalue weighted by Crippen LogP contribution is -2.21. The van der Waals surface area contributed by atoms with Gasteiger partial charge in [0.2, 0.25) is 0 Å². The minimum atomic E-state index is 0.307. The van der Waals surface area contributed by atoms with Crippen LogP contribution in [0.1, 0.15) is 24.8 Å². The maximum absolute atomic E-state index is 5.87. The second-order valence-electron chi connectivity index (χ2n) is 6.51. The summed E-state index contributed by atoms with van der Waals surface area (Å²) in [5.74, 6) is 1.74. The minimum absolute atomic E-state index is 0.307. The molecule has 5 nitrogen and oxygen atoms in total. The van der Waals surface area contributed by atoms with Gasteiger partial charge in [0, 0.05) is 36.0 Å². The van der Waals surface area contributed by atoms with Crippen LogP contribution in [-0.2, 0) is 4.74 Å². The van der Waals surface area contributed by atoms with Crippen LogP contribution in [-0.4, -0.2) is 38.2 Å². The molecule has 0 saturated carbocycles. The molecule has 1 saturated heterocycles. The van der Waals surface area contributed by atoms with Crippen molar-refractivity contribution in [3.63, 3.8) is 0 Å². The standard InChI is InChI=1S/C20H22N4OS/c1-15-5-7-17(8-6-15)24-19(16-9-11-21-12-10-16)22-23-20(24)26-14-18-4-2-3-13-25-18/h5-12,18H,2-4,13-14H2,1H3. The van der Waals surface area contributed by atoms with Crippen molar-refractivity contribution in [3.05, 3.63) is 54.4 Å². The SMILES string of the molecule is Cc1ccc(-n2c(SCC3CCCCO3)nnc2-c2ccncc2)cc1. The van der Waals surface area contributed by atoms with Crippen molar-refractivity contribution in [2.24, 2.45) is 0 Å². The number of aromatic nitrogens is 4. The van der Waals surface area contributed by atoms with Crippen molar-refractivity contribution < 1.29 is 4.74 Å². The van der Waals surface area contributed by atoms with Crippen molar-refractivity contribution in [2.45, 2.75) is 37.4 Å². The van der Waals surface area contributed by atoms with Gasteiger partial charge in [-0.2, -0.15) is 0 Å². The van der Waals surface area contributed by atoms with Crippen molar-refractivity contribution in [1.82, 2.24) is 19.7 Å². The van der Waals surface area contributed by atoms with Gasteiger partial charge < -0.3 is 4.74 Å². The zero-order valence-corrected chi connectivity index (χ0v) is 15.7. The number of nitrogens with zero attached hydrogens (tertiary/aromatic N) is 4. The maximum Gasteiger partial charge on any atom is 0.196 e. The van der Waals surface area contributed by atoms with Crippen LogP contribution in [0.25, 0.3) is 17.1 Å². The monoisotopic (exact) mass is 366 g/mol. The number of hydrogen-bond acceptors (Lipinski definition) is 5. The van der Waals surface area contributed by atoms with Gasteiger partial charge in [-0.25, -0.2) is 0 Å². The molecule has 1 fully saturated rings. The molecule has 0 radical (unpaired) electrons. The van der Waals surface area contributed by atoms with Gasteiger partial charge in [0.25, 0.3) is 0 Å². The number of thioether (sulfide) groups is 1. The summed E-state index contributed by atoms with van der Waals surface area (Å²) in [6.07, 6.45) is 7.42. The van der Waals surface area contributed by atoms with Crippen LogP contribution in [0.3, 0.4) is 0 Å².